The van der Waals surface area contributed by atoms with E-state index in [4.69, 9.17) is 20.8 Å². The van der Waals surface area contributed by atoms with E-state index in [1.54, 1.807) is 0 Å². The van der Waals surface area contributed by atoms with Crippen LogP contribution in [-0.4, -0.2) is 74.7 Å². The van der Waals surface area contributed by atoms with E-state index in [9.17, 15) is 27.9 Å². The van der Waals surface area contributed by atoms with Crippen LogP contribution < -0.4 is 0 Å². The van der Waals surface area contributed by atoms with E-state index in [2.05, 4.69) is 4.98 Å². The second kappa shape index (κ2) is 8.20. The molecule has 0 radical (unpaired) electrons. The predicted molar refractivity (Wildman–Crippen MR) is 111 cm³/mol. The van der Waals surface area contributed by atoms with Gasteiger partial charge in [0.25, 0.3) is 5.91 Å². The Kier molecular flexibility index (Phi) is 5.44. The van der Waals surface area contributed by atoms with Crippen LogP contribution >= 0.6 is 11.6 Å². The molecule has 5 heterocycles. The number of hydrogen-bond acceptors (Lipinski definition) is 6. The summed E-state index contributed by atoms with van der Waals surface area (Å²) in [6.45, 7) is 0.584. The second-order valence-corrected chi connectivity index (χ2v) is 8.44. The smallest absolute Gasteiger partial charge is 0.420 e. The fourth-order valence-corrected chi connectivity index (χ4v) is 4.62. The average molecular weight is 499 g/mol. The summed E-state index contributed by atoms with van der Waals surface area (Å²) in [5.74, 6) is -0.715. The first-order valence-electron chi connectivity index (χ1n) is 10.4. The average Bonchev–Trinajstić information content (AvgIpc) is 3.53. The molecule has 2 saturated heterocycles. The van der Waals surface area contributed by atoms with Crippen molar-refractivity contribution in [2.24, 2.45) is 0 Å². The minimum absolute atomic E-state index is 0.135. The Morgan fingerprint density at radius 1 is 1.26 bits per heavy atom. The Morgan fingerprint density at radius 2 is 2.06 bits per heavy atom. The molecule has 0 aromatic carbocycles. The fourth-order valence-electron chi connectivity index (χ4n) is 4.37. The molecule has 9 nitrogen and oxygen atoms in total. The lowest BCUT2D eigenvalue weighted by atomic mass is 10.00. The number of fused-ring (bicyclic) bond motifs is 1. The minimum Gasteiger partial charge on any atom is -0.472 e. The van der Waals surface area contributed by atoms with Crippen LogP contribution in [0.3, 0.4) is 0 Å². The Balaban J connectivity index is 1.48. The van der Waals surface area contributed by atoms with Crippen molar-refractivity contribution < 1.29 is 37.0 Å². The van der Waals surface area contributed by atoms with E-state index in [1.165, 1.54) is 34.6 Å². The second-order valence-electron chi connectivity index (χ2n) is 8.08. The molecule has 0 saturated carbocycles. The lowest BCUT2D eigenvalue weighted by molar-refractivity contribution is -0.136. The molecule has 34 heavy (non-hydrogen) atoms. The third-order valence-electron chi connectivity index (χ3n) is 6.05. The zero-order valence-corrected chi connectivity index (χ0v) is 18.2. The number of alkyl halides is 3. The number of hydrogen-bond donors (Lipinski definition) is 1. The van der Waals surface area contributed by atoms with Gasteiger partial charge in [0, 0.05) is 30.4 Å². The van der Waals surface area contributed by atoms with Crippen LogP contribution in [0.5, 0.6) is 0 Å². The van der Waals surface area contributed by atoms with Gasteiger partial charge in [0.05, 0.1) is 36.8 Å². The van der Waals surface area contributed by atoms with Crippen molar-refractivity contribution in [3.8, 4) is 11.1 Å². The van der Waals surface area contributed by atoms with Gasteiger partial charge in [-0.05, 0) is 18.6 Å². The Bertz CT molecular complexity index is 1260. The first-order valence-corrected chi connectivity index (χ1v) is 10.7. The number of rotatable bonds is 3. The van der Waals surface area contributed by atoms with Gasteiger partial charge in [-0.3, -0.25) is 14.1 Å². The summed E-state index contributed by atoms with van der Waals surface area (Å²) in [4.78, 5) is 31.6. The summed E-state index contributed by atoms with van der Waals surface area (Å²) < 4.78 is 52.3. The maximum atomic E-state index is 13.8. The molecule has 5 rings (SSSR count). The van der Waals surface area contributed by atoms with Crippen LogP contribution in [0, 0.1) is 0 Å². The van der Waals surface area contributed by atoms with Crippen LogP contribution in [-0.2, 0) is 10.9 Å². The van der Waals surface area contributed by atoms with Crippen LogP contribution in [0.25, 0.3) is 16.8 Å². The SMILES string of the molecule is O=C(c1nc2c(C(F)(F)F)cc(-c3ccoc3)cn2c1Cl)N1CCC(N2CCOC2=O)[C@@H](O)C1. The van der Waals surface area contributed by atoms with Gasteiger partial charge in [-0.25, -0.2) is 9.78 Å². The highest BCUT2D eigenvalue weighted by molar-refractivity contribution is 6.33. The number of aliphatic hydroxyl groups is 1. The summed E-state index contributed by atoms with van der Waals surface area (Å²) in [7, 11) is 0. The van der Waals surface area contributed by atoms with Gasteiger partial charge in [0.1, 0.15) is 11.8 Å². The van der Waals surface area contributed by atoms with Gasteiger partial charge in [-0.15, -0.1) is 0 Å². The zero-order valence-electron chi connectivity index (χ0n) is 17.5. The van der Waals surface area contributed by atoms with Crippen LogP contribution in [0.15, 0.2) is 35.3 Å². The van der Waals surface area contributed by atoms with E-state index in [1.807, 2.05) is 0 Å². The summed E-state index contributed by atoms with van der Waals surface area (Å²) in [6, 6.07) is 1.90. The van der Waals surface area contributed by atoms with E-state index < -0.39 is 41.5 Å². The van der Waals surface area contributed by atoms with Gasteiger partial charge in [-0.2, -0.15) is 13.2 Å². The van der Waals surface area contributed by atoms with Gasteiger partial charge in [0.15, 0.2) is 11.3 Å². The third kappa shape index (κ3) is 3.76. The van der Waals surface area contributed by atoms with Crippen LogP contribution in [0.4, 0.5) is 18.0 Å². The van der Waals surface area contributed by atoms with Gasteiger partial charge in [-0.1, -0.05) is 11.6 Å². The number of amides is 2. The van der Waals surface area contributed by atoms with Crippen molar-refractivity contribution >= 4 is 29.2 Å². The number of halogens is 4. The maximum absolute atomic E-state index is 13.8. The number of β-amino-alcohol motifs (C(OH)–C–C–N with tert-alkyl or cyclic N) is 1. The molecule has 0 spiro atoms. The number of nitrogens with zero attached hydrogens (tertiary/aromatic N) is 4. The summed E-state index contributed by atoms with van der Waals surface area (Å²) in [6.07, 6.45) is -2.10. The molecule has 0 bridgehead atoms. The molecular formula is C21H18ClF3N4O5. The zero-order chi connectivity index (χ0) is 24.2. The molecule has 2 aliphatic heterocycles. The number of pyridine rings is 1. The van der Waals surface area contributed by atoms with Crippen molar-refractivity contribution in [2.45, 2.75) is 24.7 Å². The molecule has 2 amide bonds. The van der Waals surface area contributed by atoms with Crippen molar-refractivity contribution in [1.29, 1.82) is 0 Å². The predicted octanol–water partition coefficient (Wildman–Crippen LogP) is 3.29. The van der Waals surface area contributed by atoms with Crippen molar-refractivity contribution in [3.05, 3.63) is 47.3 Å². The van der Waals surface area contributed by atoms with E-state index in [0.717, 1.165) is 10.5 Å². The van der Waals surface area contributed by atoms with E-state index in [0.29, 0.717) is 12.1 Å². The highest BCUT2D eigenvalue weighted by Gasteiger charge is 2.40. The molecule has 180 valence electrons. The number of furan rings is 1. The normalized spacial score (nSPS) is 21.4. The molecule has 1 N–H and O–H groups in total. The summed E-state index contributed by atoms with van der Waals surface area (Å²) in [5.41, 5.74) is -1.35. The highest BCUT2D eigenvalue weighted by Crippen LogP contribution is 2.37. The molecule has 3 aromatic rings. The van der Waals surface area contributed by atoms with Gasteiger partial charge < -0.3 is 19.2 Å². The lowest BCUT2D eigenvalue weighted by Crippen LogP contribution is -2.55. The molecule has 2 fully saturated rings. The molecule has 13 heteroatoms. The molecule has 3 aromatic heterocycles. The summed E-state index contributed by atoms with van der Waals surface area (Å²) >= 11 is 6.34. The topological polar surface area (TPSA) is 101 Å². The Hall–Kier alpha value is -3.25. The number of aromatic nitrogens is 2. The van der Waals surface area contributed by atoms with E-state index >= 15 is 0 Å². The fraction of sp³-hybridized carbons (Fsp3) is 0.381. The maximum Gasteiger partial charge on any atom is 0.420 e. The highest BCUT2D eigenvalue weighted by atomic mass is 35.5. The number of ether oxygens (including phenoxy) is 1. The molecule has 0 aliphatic carbocycles. The molecular weight excluding hydrogens is 481 g/mol. The standard InChI is InChI=1S/C21H18ClF3N4O5/c22-17-16(19(31)27-3-1-14(15(30)9-27)28-4-6-34-20(28)32)26-18-13(21(23,24)25)7-12(8-29(17)18)11-2-5-33-10-11/h2,5,7-8,10,14-15,30H,1,3-4,6,9H2/t14?,15-/m0/s1. The van der Waals surface area contributed by atoms with Crippen molar-refractivity contribution in [1.82, 2.24) is 19.2 Å². The Labute approximate surface area is 195 Å². The van der Waals surface area contributed by atoms with Crippen LogP contribution in [0.1, 0.15) is 22.5 Å². The van der Waals surface area contributed by atoms with Crippen molar-refractivity contribution in [3.63, 3.8) is 0 Å². The number of likely N-dealkylation sites (tertiary alicyclic amines) is 1. The van der Waals surface area contributed by atoms with Crippen LogP contribution in [0.2, 0.25) is 5.15 Å². The van der Waals surface area contributed by atoms with Gasteiger partial charge >= 0.3 is 12.3 Å². The number of aliphatic hydroxyl groups excluding tert-OH is 1. The largest absolute Gasteiger partial charge is 0.472 e. The minimum atomic E-state index is -4.76. The first-order chi connectivity index (χ1) is 16.1. The van der Waals surface area contributed by atoms with Gasteiger partial charge in [0.2, 0.25) is 0 Å². The Morgan fingerprint density at radius 3 is 2.68 bits per heavy atom. The number of carbonyl (C=O) groups excluding carboxylic acids is 2. The quantitative estimate of drug-likeness (QED) is 0.595. The monoisotopic (exact) mass is 498 g/mol. The first kappa shape index (κ1) is 22.5. The number of imidazole rings is 1. The number of carbonyl (C=O) groups is 2. The molecule has 2 atom stereocenters. The molecule has 1 unspecified atom stereocenters. The van der Waals surface area contributed by atoms with E-state index in [-0.39, 0.29) is 42.5 Å². The molecule has 2 aliphatic rings. The number of cyclic esters (lactones) is 1. The lowest BCUT2D eigenvalue weighted by Gasteiger charge is -2.38. The summed E-state index contributed by atoms with van der Waals surface area (Å²) in [5, 5.41) is 10.3. The number of piperidine rings is 1. The third-order valence-corrected chi connectivity index (χ3v) is 6.41. The van der Waals surface area contributed by atoms with Crippen molar-refractivity contribution in [2.75, 3.05) is 26.2 Å².